The van der Waals surface area contributed by atoms with E-state index in [1.807, 2.05) is 26.0 Å². The molecule has 4 bridgehead atoms. The first-order chi connectivity index (χ1) is 19.7. The highest BCUT2D eigenvalue weighted by atomic mass is 35.5. The van der Waals surface area contributed by atoms with Crippen molar-refractivity contribution >= 4 is 50.7 Å². The summed E-state index contributed by atoms with van der Waals surface area (Å²) in [5, 5.41) is 3.56. The Balaban J connectivity index is 1.39. The maximum absolute atomic E-state index is 13.8. The molecular weight excluding hydrogens is 593 g/mol. The van der Waals surface area contributed by atoms with Gasteiger partial charge in [-0.15, -0.1) is 0 Å². The second kappa shape index (κ2) is 12.0. The summed E-state index contributed by atoms with van der Waals surface area (Å²) in [6.07, 6.45) is 8.81. The van der Waals surface area contributed by atoms with Crippen LogP contribution in [0.2, 0.25) is 10.0 Å². The molecule has 228 valence electrons. The van der Waals surface area contributed by atoms with Gasteiger partial charge < -0.3 is 10.2 Å². The lowest BCUT2D eigenvalue weighted by atomic mass is 9.48. The summed E-state index contributed by atoms with van der Waals surface area (Å²) >= 11 is 12.3. The third-order valence-electron chi connectivity index (χ3n) is 9.42. The van der Waals surface area contributed by atoms with Crippen LogP contribution < -0.4 is 9.62 Å². The molecule has 6 rings (SSSR count). The molecule has 4 aliphatic rings. The average molecular weight is 635 g/mol. The van der Waals surface area contributed by atoms with Crippen molar-refractivity contribution in [2.24, 2.45) is 17.8 Å². The van der Waals surface area contributed by atoms with Gasteiger partial charge in [0.1, 0.15) is 12.6 Å². The molecule has 0 aromatic heterocycles. The molecule has 1 N–H and O–H groups in total. The van der Waals surface area contributed by atoms with Gasteiger partial charge in [-0.05, 0) is 118 Å². The minimum Gasteiger partial charge on any atom is -0.352 e. The Morgan fingerprint density at radius 1 is 0.929 bits per heavy atom. The molecule has 4 fully saturated rings. The molecule has 7 nitrogen and oxygen atoms in total. The molecule has 42 heavy (non-hydrogen) atoms. The first-order valence-electron chi connectivity index (χ1n) is 14.9. The summed E-state index contributed by atoms with van der Waals surface area (Å²) in [6.45, 7) is 4.95. The van der Waals surface area contributed by atoms with E-state index in [0.29, 0.717) is 21.3 Å². The molecule has 2 aromatic carbocycles. The van der Waals surface area contributed by atoms with Gasteiger partial charge in [-0.1, -0.05) is 41.4 Å². The zero-order valence-electron chi connectivity index (χ0n) is 24.8. The number of nitrogens with zero attached hydrogens (tertiary/aromatic N) is 2. The number of rotatable bonds is 10. The number of nitrogens with one attached hydrogen (secondary N) is 1. The van der Waals surface area contributed by atoms with E-state index in [1.54, 1.807) is 25.1 Å². The number of carbonyl (C=O) groups is 2. The summed E-state index contributed by atoms with van der Waals surface area (Å²) in [7, 11) is -3.81. The van der Waals surface area contributed by atoms with Gasteiger partial charge in [0.15, 0.2) is 0 Å². The first-order valence-corrected chi connectivity index (χ1v) is 17.5. The monoisotopic (exact) mass is 633 g/mol. The third kappa shape index (κ3) is 6.61. The molecule has 0 unspecified atom stereocenters. The highest BCUT2D eigenvalue weighted by Crippen LogP contribution is 2.60. The van der Waals surface area contributed by atoms with Crippen LogP contribution in [-0.2, 0) is 31.6 Å². The second-order valence-electron chi connectivity index (χ2n) is 13.1. The molecule has 10 heteroatoms. The summed E-state index contributed by atoms with van der Waals surface area (Å²) < 4.78 is 27.2. The fraction of sp³-hybridized carbons (Fsp3) is 0.562. The van der Waals surface area contributed by atoms with Crippen molar-refractivity contribution in [2.75, 3.05) is 17.1 Å². The molecule has 0 radical (unpaired) electrons. The predicted octanol–water partition coefficient (Wildman–Crippen LogP) is 6.17. The van der Waals surface area contributed by atoms with E-state index in [-0.39, 0.29) is 23.9 Å². The molecule has 0 spiro atoms. The lowest BCUT2D eigenvalue weighted by molar-refractivity contribution is -0.139. The molecule has 1 atom stereocenters. The number of sulfonamides is 1. The zero-order chi connectivity index (χ0) is 30.4. The molecule has 4 saturated carbocycles. The Morgan fingerprint density at radius 3 is 2.00 bits per heavy atom. The molecule has 2 amide bonds. The third-order valence-corrected chi connectivity index (χ3v) is 11.3. The van der Waals surface area contributed by atoms with E-state index < -0.39 is 28.5 Å². The van der Waals surface area contributed by atoms with Crippen molar-refractivity contribution < 1.29 is 18.0 Å². The fourth-order valence-corrected chi connectivity index (χ4v) is 9.05. The number of carbonyl (C=O) groups excluding carboxylic acids is 2. The van der Waals surface area contributed by atoms with Gasteiger partial charge >= 0.3 is 0 Å². The summed E-state index contributed by atoms with van der Waals surface area (Å²) in [5.74, 6) is 1.58. The van der Waals surface area contributed by atoms with E-state index >= 15 is 0 Å². The van der Waals surface area contributed by atoms with Gasteiger partial charge in [-0.25, -0.2) is 8.42 Å². The summed E-state index contributed by atoms with van der Waals surface area (Å²) in [6, 6.07) is 11.8. The lowest BCUT2D eigenvalue weighted by Gasteiger charge is -2.57. The second-order valence-corrected chi connectivity index (χ2v) is 15.8. The van der Waals surface area contributed by atoms with Crippen LogP contribution in [0, 0.1) is 17.8 Å². The minimum absolute atomic E-state index is 0.0605. The predicted molar refractivity (Wildman–Crippen MR) is 168 cm³/mol. The number of benzene rings is 2. The smallest absolute Gasteiger partial charge is 0.244 e. The normalized spacial score (nSPS) is 25.4. The highest BCUT2D eigenvalue weighted by molar-refractivity contribution is 7.92. The molecule has 0 saturated heterocycles. The van der Waals surface area contributed by atoms with Crippen LogP contribution in [0.3, 0.4) is 0 Å². The van der Waals surface area contributed by atoms with Crippen LogP contribution in [-0.4, -0.2) is 50.0 Å². The van der Waals surface area contributed by atoms with Gasteiger partial charge in [0.05, 0.1) is 22.0 Å². The highest BCUT2D eigenvalue weighted by Gasteiger charge is 2.51. The number of hydrogen-bond acceptors (Lipinski definition) is 4. The molecule has 0 aliphatic heterocycles. The summed E-state index contributed by atoms with van der Waals surface area (Å²) in [5.41, 5.74) is 2.58. The van der Waals surface area contributed by atoms with E-state index in [4.69, 9.17) is 23.2 Å². The van der Waals surface area contributed by atoms with Crippen molar-refractivity contribution in [3.8, 4) is 0 Å². The Kier molecular flexibility index (Phi) is 8.90. The fourth-order valence-electron chi connectivity index (χ4n) is 7.88. The van der Waals surface area contributed by atoms with E-state index in [0.717, 1.165) is 28.3 Å². The van der Waals surface area contributed by atoms with Crippen LogP contribution in [0.25, 0.3) is 0 Å². The van der Waals surface area contributed by atoms with Gasteiger partial charge in [0.25, 0.3) is 0 Å². The van der Waals surface area contributed by atoms with E-state index in [1.165, 1.54) is 49.0 Å². The quantitative estimate of drug-likeness (QED) is 0.339. The van der Waals surface area contributed by atoms with Crippen molar-refractivity contribution in [2.45, 2.75) is 83.3 Å². The van der Waals surface area contributed by atoms with Gasteiger partial charge in [-0.3, -0.25) is 13.9 Å². The standard InChI is InChI=1S/C32H41Cl2N3O4S/c1-20(2)35-31(39)21(3)36(18-22-5-10-28(33)29(34)14-22)30(38)19-37(42(4,40)41)27-8-6-26(7-9-27)32-15-23-11-24(16-32)13-25(12-23)17-32/h5-10,14,20-21,23-25H,11-13,15-19H2,1-4H3,(H,35,39)/t21-,23?,24?,25?,32?/m1/s1. The van der Waals surface area contributed by atoms with Crippen LogP contribution in [0.4, 0.5) is 5.69 Å². The van der Waals surface area contributed by atoms with Crippen molar-refractivity contribution in [3.05, 3.63) is 63.6 Å². The van der Waals surface area contributed by atoms with Crippen LogP contribution in [0.5, 0.6) is 0 Å². The number of halogens is 2. The maximum atomic E-state index is 13.8. The zero-order valence-corrected chi connectivity index (χ0v) is 27.1. The van der Waals surface area contributed by atoms with Crippen molar-refractivity contribution in [3.63, 3.8) is 0 Å². The first kappa shape index (κ1) is 31.1. The van der Waals surface area contributed by atoms with Gasteiger partial charge in [0, 0.05) is 12.6 Å². The van der Waals surface area contributed by atoms with Crippen LogP contribution in [0.1, 0.15) is 70.4 Å². The van der Waals surface area contributed by atoms with Gasteiger partial charge in [-0.2, -0.15) is 0 Å². The van der Waals surface area contributed by atoms with Gasteiger partial charge in [0.2, 0.25) is 21.8 Å². The lowest BCUT2D eigenvalue weighted by Crippen LogP contribution is -2.52. The molecule has 2 aromatic rings. The Bertz CT molecular complexity index is 1410. The van der Waals surface area contributed by atoms with E-state index in [9.17, 15) is 18.0 Å². The SMILES string of the molecule is CC(C)NC(=O)[C@@H](C)N(Cc1ccc(Cl)c(Cl)c1)C(=O)CN(c1ccc(C23CC4CC(CC(C4)C2)C3)cc1)S(C)(=O)=O. The minimum atomic E-state index is -3.81. The molecule has 4 aliphatic carbocycles. The van der Waals surface area contributed by atoms with Crippen LogP contribution >= 0.6 is 23.2 Å². The van der Waals surface area contributed by atoms with E-state index in [2.05, 4.69) is 17.4 Å². The number of hydrogen-bond donors (Lipinski definition) is 1. The topological polar surface area (TPSA) is 86.8 Å². The largest absolute Gasteiger partial charge is 0.352 e. The van der Waals surface area contributed by atoms with Crippen LogP contribution in [0.15, 0.2) is 42.5 Å². The van der Waals surface area contributed by atoms with Crippen molar-refractivity contribution in [1.82, 2.24) is 10.2 Å². The molecular formula is C32H41Cl2N3O4S. The maximum Gasteiger partial charge on any atom is 0.244 e. The number of anilines is 1. The number of amides is 2. The Labute approximate surface area is 260 Å². The average Bonchev–Trinajstić information content (AvgIpc) is 2.90. The molecule has 0 heterocycles. The Morgan fingerprint density at radius 2 is 1.50 bits per heavy atom. The van der Waals surface area contributed by atoms with Crippen molar-refractivity contribution in [1.29, 1.82) is 0 Å². The summed E-state index contributed by atoms with van der Waals surface area (Å²) in [4.78, 5) is 28.2. The Hall–Kier alpha value is -2.29.